The lowest BCUT2D eigenvalue weighted by molar-refractivity contribution is -0.137. The average molecular weight is 499 g/mol. The first kappa shape index (κ1) is 26.5. The summed E-state index contributed by atoms with van der Waals surface area (Å²) in [6.07, 6.45) is -4.53. The molecule has 0 N–H and O–H groups in total. The highest BCUT2D eigenvalue weighted by Gasteiger charge is 2.31. The zero-order valence-corrected chi connectivity index (χ0v) is 20.2. The van der Waals surface area contributed by atoms with Crippen molar-refractivity contribution in [1.29, 1.82) is 0 Å². The van der Waals surface area contributed by atoms with Gasteiger partial charge >= 0.3 is 12.1 Å². The van der Waals surface area contributed by atoms with E-state index in [0.29, 0.717) is 22.3 Å². The first-order valence-electron chi connectivity index (χ1n) is 10.9. The van der Waals surface area contributed by atoms with Crippen LogP contribution in [0.25, 0.3) is 11.1 Å². The minimum atomic E-state index is -4.53. The summed E-state index contributed by atoms with van der Waals surface area (Å²) in [7, 11) is 2.53. The number of aryl methyl sites for hydroxylation is 1. The molecule has 0 aliphatic rings. The van der Waals surface area contributed by atoms with Crippen molar-refractivity contribution in [1.82, 2.24) is 0 Å². The van der Waals surface area contributed by atoms with Crippen LogP contribution >= 0.6 is 0 Å². The van der Waals surface area contributed by atoms with E-state index in [9.17, 15) is 18.0 Å². The van der Waals surface area contributed by atoms with Gasteiger partial charge in [-0.1, -0.05) is 58.8 Å². The highest BCUT2D eigenvalue weighted by atomic mass is 19.4. The molecule has 0 atom stereocenters. The number of ether oxygens (including phenoxy) is 1. The summed E-state index contributed by atoms with van der Waals surface area (Å²) in [5.74, 6) is -0.694. The Bertz CT molecular complexity index is 1290. The first-order chi connectivity index (χ1) is 17.2. The number of nitrogens with zero attached hydrogens (tertiary/aromatic N) is 2. The zero-order chi connectivity index (χ0) is 26.3. The standard InChI is InChI=1S/C27H25F3N2O4/c1-17-9-8-12-23(25(32-35-4)26(33)34-3)24(17)16-36-31-18(2)20-13-21(19-10-6-5-7-11-19)15-22(14-20)27(28,29)30/h5-15H,16H2,1-4H3/b31-18+,32-25+. The fourth-order valence-electron chi connectivity index (χ4n) is 3.54. The molecule has 9 heteroatoms. The van der Waals surface area contributed by atoms with Crippen molar-refractivity contribution in [2.45, 2.75) is 26.6 Å². The Morgan fingerprint density at radius 1 is 0.917 bits per heavy atom. The van der Waals surface area contributed by atoms with E-state index in [1.807, 2.05) is 13.0 Å². The Balaban J connectivity index is 1.94. The van der Waals surface area contributed by atoms with E-state index >= 15 is 0 Å². The second-order valence-corrected chi connectivity index (χ2v) is 7.83. The Labute approximate surface area is 207 Å². The largest absolute Gasteiger partial charge is 0.464 e. The highest BCUT2D eigenvalue weighted by molar-refractivity contribution is 6.43. The molecule has 0 fully saturated rings. The molecule has 0 aliphatic heterocycles. The van der Waals surface area contributed by atoms with Crippen molar-refractivity contribution < 1.29 is 32.4 Å². The van der Waals surface area contributed by atoms with Gasteiger partial charge in [-0.2, -0.15) is 13.2 Å². The van der Waals surface area contributed by atoms with Gasteiger partial charge in [0.1, 0.15) is 13.7 Å². The minimum Gasteiger partial charge on any atom is -0.464 e. The molecule has 6 nitrogen and oxygen atoms in total. The van der Waals surface area contributed by atoms with Gasteiger partial charge in [0.2, 0.25) is 0 Å². The number of carbonyl (C=O) groups is 1. The van der Waals surface area contributed by atoms with Gasteiger partial charge < -0.3 is 14.4 Å². The fraction of sp³-hybridized carbons (Fsp3) is 0.222. The third kappa shape index (κ3) is 6.29. The van der Waals surface area contributed by atoms with Gasteiger partial charge in [0.05, 0.1) is 18.4 Å². The number of oxime groups is 2. The highest BCUT2D eigenvalue weighted by Crippen LogP contribution is 2.33. The van der Waals surface area contributed by atoms with Crippen LogP contribution in [0.1, 0.15) is 34.7 Å². The van der Waals surface area contributed by atoms with E-state index in [4.69, 9.17) is 14.4 Å². The van der Waals surface area contributed by atoms with E-state index in [1.165, 1.54) is 14.2 Å². The lowest BCUT2D eigenvalue weighted by Gasteiger charge is -2.14. The van der Waals surface area contributed by atoms with Crippen molar-refractivity contribution in [2.24, 2.45) is 10.3 Å². The van der Waals surface area contributed by atoms with Crippen molar-refractivity contribution in [2.75, 3.05) is 14.2 Å². The number of hydrogen-bond acceptors (Lipinski definition) is 6. The third-order valence-electron chi connectivity index (χ3n) is 5.42. The maximum absolute atomic E-state index is 13.6. The number of esters is 1. The molecule has 3 aromatic carbocycles. The Hall–Kier alpha value is -4.14. The first-order valence-corrected chi connectivity index (χ1v) is 10.9. The molecular formula is C27H25F3N2O4. The average Bonchev–Trinajstić information content (AvgIpc) is 2.87. The van der Waals surface area contributed by atoms with E-state index in [0.717, 1.165) is 17.7 Å². The van der Waals surface area contributed by atoms with Gasteiger partial charge in [-0.15, -0.1) is 0 Å². The van der Waals surface area contributed by atoms with Gasteiger partial charge in [-0.25, -0.2) is 4.79 Å². The number of hydrogen-bond donors (Lipinski definition) is 0. The van der Waals surface area contributed by atoms with E-state index < -0.39 is 17.7 Å². The monoisotopic (exact) mass is 498 g/mol. The summed E-state index contributed by atoms with van der Waals surface area (Å²) in [5, 5.41) is 7.84. The summed E-state index contributed by atoms with van der Waals surface area (Å²) in [5.41, 5.74) is 2.58. The molecule has 3 rings (SSSR count). The van der Waals surface area contributed by atoms with Crippen molar-refractivity contribution in [3.63, 3.8) is 0 Å². The van der Waals surface area contributed by atoms with Gasteiger partial charge in [0.25, 0.3) is 0 Å². The molecule has 3 aromatic rings. The molecule has 0 saturated carbocycles. The Morgan fingerprint density at radius 2 is 1.64 bits per heavy atom. The predicted octanol–water partition coefficient (Wildman–Crippen LogP) is 6.15. The normalized spacial score (nSPS) is 12.3. The van der Waals surface area contributed by atoms with Crippen molar-refractivity contribution in [3.8, 4) is 11.1 Å². The molecule has 0 unspecified atom stereocenters. The van der Waals surface area contributed by atoms with E-state index in [2.05, 4.69) is 10.3 Å². The molecule has 0 aliphatic carbocycles. The molecule has 0 radical (unpaired) electrons. The Kier molecular flexibility index (Phi) is 8.47. The van der Waals surface area contributed by atoms with E-state index in [1.54, 1.807) is 55.5 Å². The molecule has 36 heavy (non-hydrogen) atoms. The van der Waals surface area contributed by atoms with Gasteiger partial charge in [-0.05, 0) is 48.7 Å². The molecule has 0 saturated heterocycles. The van der Waals surface area contributed by atoms with Crippen LogP contribution in [-0.4, -0.2) is 31.6 Å². The number of benzene rings is 3. The smallest absolute Gasteiger partial charge is 0.416 e. The molecule has 188 valence electrons. The van der Waals surface area contributed by atoms with Crippen LogP contribution in [0, 0.1) is 6.92 Å². The number of carbonyl (C=O) groups excluding carboxylic acids is 1. The van der Waals surface area contributed by atoms with Crippen LogP contribution in [0.4, 0.5) is 13.2 Å². The van der Waals surface area contributed by atoms with Gasteiger partial charge in [0, 0.05) is 16.7 Å². The van der Waals surface area contributed by atoms with Gasteiger partial charge in [-0.3, -0.25) is 0 Å². The molecule has 0 aromatic heterocycles. The number of methoxy groups -OCH3 is 1. The van der Waals surface area contributed by atoms with Crippen molar-refractivity contribution >= 4 is 17.4 Å². The van der Waals surface area contributed by atoms with Gasteiger partial charge in [0.15, 0.2) is 5.71 Å². The summed E-state index contributed by atoms with van der Waals surface area (Å²) in [6, 6.07) is 17.8. The summed E-state index contributed by atoms with van der Waals surface area (Å²) >= 11 is 0. The Morgan fingerprint density at radius 3 is 2.28 bits per heavy atom. The van der Waals surface area contributed by atoms with Crippen LogP contribution < -0.4 is 0 Å². The summed E-state index contributed by atoms with van der Waals surface area (Å²) < 4.78 is 45.6. The second kappa shape index (κ2) is 11.5. The SMILES string of the molecule is CO/N=C(/C(=O)OC)c1cccc(C)c1CO/N=C(\C)c1cc(-c2ccccc2)cc(C(F)(F)F)c1. The van der Waals surface area contributed by atoms with Crippen molar-refractivity contribution in [3.05, 3.63) is 94.5 Å². The molecule has 0 spiro atoms. The maximum Gasteiger partial charge on any atom is 0.416 e. The fourth-order valence-corrected chi connectivity index (χ4v) is 3.54. The molecule has 0 bridgehead atoms. The minimum absolute atomic E-state index is 0.0478. The topological polar surface area (TPSA) is 69.5 Å². The lowest BCUT2D eigenvalue weighted by Crippen LogP contribution is -2.20. The second-order valence-electron chi connectivity index (χ2n) is 7.83. The summed E-state index contributed by atoms with van der Waals surface area (Å²) in [4.78, 5) is 22.5. The van der Waals surface area contributed by atoms with Crippen LogP contribution in [0.3, 0.4) is 0 Å². The molecule has 0 heterocycles. The summed E-state index contributed by atoms with van der Waals surface area (Å²) in [6.45, 7) is 3.32. The number of halogens is 3. The van der Waals surface area contributed by atoms with Crippen LogP contribution in [0.15, 0.2) is 77.0 Å². The third-order valence-corrected chi connectivity index (χ3v) is 5.42. The quantitative estimate of drug-likeness (QED) is 0.212. The van der Waals surface area contributed by atoms with Crippen LogP contribution in [0.2, 0.25) is 0 Å². The zero-order valence-electron chi connectivity index (χ0n) is 20.2. The predicted molar refractivity (Wildman–Crippen MR) is 131 cm³/mol. The molecular weight excluding hydrogens is 473 g/mol. The lowest BCUT2D eigenvalue weighted by atomic mass is 9.98. The van der Waals surface area contributed by atoms with Crippen LogP contribution in [-0.2, 0) is 32.0 Å². The van der Waals surface area contributed by atoms with Crippen LogP contribution in [0.5, 0.6) is 0 Å². The number of alkyl halides is 3. The molecule has 0 amide bonds. The maximum atomic E-state index is 13.6. The van der Waals surface area contributed by atoms with E-state index in [-0.39, 0.29) is 23.6 Å². The number of rotatable bonds is 8.